The van der Waals surface area contributed by atoms with Crippen molar-refractivity contribution in [2.45, 2.75) is 83.6 Å². The maximum atomic E-state index is 13.8. The monoisotopic (exact) mass is 518 g/mol. The Labute approximate surface area is 224 Å². The van der Waals surface area contributed by atoms with Crippen molar-refractivity contribution in [1.82, 2.24) is 14.9 Å². The van der Waals surface area contributed by atoms with Gasteiger partial charge in [-0.2, -0.15) is 0 Å². The lowest BCUT2D eigenvalue weighted by Gasteiger charge is -2.47. The fourth-order valence-corrected chi connectivity index (χ4v) is 5.87. The highest BCUT2D eigenvalue weighted by Gasteiger charge is 2.39. The van der Waals surface area contributed by atoms with Gasteiger partial charge in [-0.1, -0.05) is 40.0 Å². The standard InChI is InChI=1S/C30H38N4O4/c1-29(2,3)21-15-22(19-9-7-6-8-10-19)32-23-16-24(38-26(21)23)27(35)34-14-13-33(18-30(34,4)5)25-12-11-20(17-31-25)28(36)37/h11-12,15-17,19H,6-10,13-14,18H2,1-5H3,(H,36,37). The van der Waals surface area contributed by atoms with Gasteiger partial charge in [0.05, 0.1) is 11.1 Å². The molecule has 0 unspecified atom stereocenters. The number of furan rings is 1. The third kappa shape index (κ3) is 5.00. The number of piperazine rings is 1. The Balaban J connectivity index is 1.42. The first-order valence-electron chi connectivity index (χ1n) is 13.7. The lowest BCUT2D eigenvalue weighted by Crippen LogP contribution is -2.61. The number of pyridine rings is 2. The number of hydrogen-bond acceptors (Lipinski definition) is 6. The third-order valence-corrected chi connectivity index (χ3v) is 8.01. The second kappa shape index (κ2) is 9.71. The van der Waals surface area contributed by atoms with E-state index in [1.54, 1.807) is 12.1 Å². The van der Waals surface area contributed by atoms with Gasteiger partial charge in [0, 0.05) is 49.1 Å². The number of hydrogen-bond donors (Lipinski definition) is 1. The lowest BCUT2D eigenvalue weighted by molar-refractivity contribution is 0.0483. The van der Waals surface area contributed by atoms with E-state index >= 15 is 0 Å². The number of carbonyl (C=O) groups excluding carboxylic acids is 1. The zero-order valence-electron chi connectivity index (χ0n) is 23.1. The van der Waals surface area contributed by atoms with Gasteiger partial charge in [-0.3, -0.25) is 4.79 Å². The fraction of sp³-hybridized carbons (Fsp3) is 0.533. The van der Waals surface area contributed by atoms with Crippen LogP contribution in [0, 0.1) is 0 Å². The Morgan fingerprint density at radius 1 is 1.08 bits per heavy atom. The molecule has 0 radical (unpaired) electrons. The molecule has 0 bridgehead atoms. The van der Waals surface area contributed by atoms with Gasteiger partial charge in [0.15, 0.2) is 11.3 Å². The predicted octanol–water partition coefficient (Wildman–Crippen LogP) is 6.01. The fourth-order valence-electron chi connectivity index (χ4n) is 5.87. The van der Waals surface area contributed by atoms with Gasteiger partial charge >= 0.3 is 5.97 Å². The van der Waals surface area contributed by atoms with E-state index in [1.165, 1.54) is 25.5 Å². The average molecular weight is 519 g/mol. The van der Waals surface area contributed by atoms with E-state index in [9.17, 15) is 9.59 Å². The molecule has 38 heavy (non-hydrogen) atoms. The number of carboxylic acids is 1. The summed E-state index contributed by atoms with van der Waals surface area (Å²) in [5.74, 6) is 0.354. The molecular weight excluding hydrogens is 480 g/mol. The van der Waals surface area contributed by atoms with Crippen molar-refractivity contribution in [3.05, 3.63) is 53.0 Å². The molecule has 8 heteroatoms. The summed E-state index contributed by atoms with van der Waals surface area (Å²) in [5.41, 5.74) is 3.22. The molecule has 2 aliphatic rings. The van der Waals surface area contributed by atoms with Crippen molar-refractivity contribution in [1.29, 1.82) is 0 Å². The van der Waals surface area contributed by atoms with Crippen LogP contribution in [0.5, 0.6) is 0 Å². The van der Waals surface area contributed by atoms with E-state index in [0.717, 1.165) is 29.6 Å². The number of fused-ring (bicyclic) bond motifs is 1. The van der Waals surface area contributed by atoms with Crippen molar-refractivity contribution in [3.8, 4) is 0 Å². The first-order chi connectivity index (χ1) is 17.9. The van der Waals surface area contributed by atoms with Gasteiger partial charge in [-0.15, -0.1) is 0 Å². The minimum atomic E-state index is -0.999. The van der Waals surface area contributed by atoms with Gasteiger partial charge in [0.1, 0.15) is 11.3 Å². The van der Waals surface area contributed by atoms with Crippen LogP contribution in [0.25, 0.3) is 11.1 Å². The molecule has 1 aliphatic heterocycles. The Hall–Kier alpha value is -3.42. The van der Waals surface area contributed by atoms with Crippen LogP contribution in [0.1, 0.15) is 105 Å². The summed E-state index contributed by atoms with van der Waals surface area (Å²) in [6.07, 6.45) is 7.48. The number of aromatic nitrogens is 2. The van der Waals surface area contributed by atoms with Gasteiger partial charge in [-0.25, -0.2) is 14.8 Å². The molecule has 202 valence electrons. The molecule has 4 heterocycles. The molecule has 0 aromatic carbocycles. The van der Waals surface area contributed by atoms with Crippen LogP contribution in [0.3, 0.4) is 0 Å². The highest BCUT2D eigenvalue weighted by molar-refractivity contribution is 5.96. The maximum Gasteiger partial charge on any atom is 0.337 e. The molecule has 1 N–H and O–H groups in total. The quantitative estimate of drug-likeness (QED) is 0.452. The molecule has 1 saturated heterocycles. The Morgan fingerprint density at radius 2 is 1.82 bits per heavy atom. The molecule has 3 aromatic rings. The smallest absolute Gasteiger partial charge is 0.337 e. The molecule has 1 amide bonds. The summed E-state index contributed by atoms with van der Waals surface area (Å²) < 4.78 is 6.29. The molecule has 1 aliphatic carbocycles. The van der Waals surface area contributed by atoms with Crippen LogP contribution < -0.4 is 4.90 Å². The molecule has 5 rings (SSSR count). The summed E-state index contributed by atoms with van der Waals surface area (Å²) in [4.78, 5) is 38.3. The number of carbonyl (C=O) groups is 2. The second-order valence-corrected chi connectivity index (χ2v) is 12.4. The van der Waals surface area contributed by atoms with E-state index in [-0.39, 0.29) is 16.9 Å². The van der Waals surface area contributed by atoms with Gasteiger partial charge in [0.25, 0.3) is 5.91 Å². The molecule has 0 atom stereocenters. The lowest BCUT2D eigenvalue weighted by atomic mass is 9.82. The van der Waals surface area contributed by atoms with Crippen LogP contribution in [0.4, 0.5) is 5.82 Å². The van der Waals surface area contributed by atoms with Gasteiger partial charge in [-0.05, 0) is 50.3 Å². The normalized spacial score (nSPS) is 18.7. The number of nitrogens with zero attached hydrogens (tertiary/aromatic N) is 4. The highest BCUT2D eigenvalue weighted by Crippen LogP contribution is 2.38. The topological polar surface area (TPSA) is 99.8 Å². The molecule has 2 fully saturated rings. The summed E-state index contributed by atoms with van der Waals surface area (Å²) in [5, 5.41) is 9.16. The molecule has 8 nitrogen and oxygen atoms in total. The second-order valence-electron chi connectivity index (χ2n) is 12.4. The van der Waals surface area contributed by atoms with Gasteiger partial charge < -0.3 is 19.3 Å². The maximum absolute atomic E-state index is 13.8. The van der Waals surface area contributed by atoms with Crippen LogP contribution in [0.2, 0.25) is 0 Å². The summed E-state index contributed by atoms with van der Waals surface area (Å²) >= 11 is 0. The number of aromatic carboxylic acids is 1. The SMILES string of the molecule is CC(C)(C)c1cc(C2CCCCC2)nc2cc(C(=O)N3CCN(c4ccc(C(=O)O)cn4)CC3(C)C)oc12. The number of amides is 1. The predicted molar refractivity (Wildman–Crippen MR) is 147 cm³/mol. The van der Waals surface area contributed by atoms with Gasteiger partial charge in [0.2, 0.25) is 0 Å². The van der Waals surface area contributed by atoms with Crippen molar-refractivity contribution in [3.63, 3.8) is 0 Å². The molecule has 0 spiro atoms. The van der Waals surface area contributed by atoms with Crippen molar-refractivity contribution in [2.75, 3.05) is 24.5 Å². The summed E-state index contributed by atoms with van der Waals surface area (Å²) in [6.45, 7) is 12.2. The van der Waals surface area contributed by atoms with Crippen LogP contribution in [0.15, 0.2) is 34.9 Å². The Morgan fingerprint density at radius 3 is 2.42 bits per heavy atom. The van der Waals surface area contributed by atoms with E-state index < -0.39 is 11.5 Å². The number of rotatable bonds is 4. The first kappa shape index (κ1) is 26.2. The third-order valence-electron chi connectivity index (χ3n) is 8.01. The molecule has 1 saturated carbocycles. The number of anilines is 1. The minimum Gasteiger partial charge on any atom is -0.478 e. The van der Waals surface area contributed by atoms with E-state index in [1.807, 2.05) is 24.8 Å². The average Bonchev–Trinajstić information content (AvgIpc) is 3.31. The van der Waals surface area contributed by atoms with Crippen molar-refractivity contribution < 1.29 is 19.1 Å². The van der Waals surface area contributed by atoms with E-state index in [4.69, 9.17) is 14.5 Å². The number of carboxylic acid groups (broad SMARTS) is 1. The van der Waals surface area contributed by atoms with Crippen LogP contribution >= 0.6 is 0 Å². The minimum absolute atomic E-state index is 0.138. The Bertz CT molecular complexity index is 1350. The first-order valence-corrected chi connectivity index (χ1v) is 13.7. The molecular formula is C30H38N4O4. The van der Waals surface area contributed by atoms with Crippen LogP contribution in [-0.4, -0.2) is 57.0 Å². The van der Waals surface area contributed by atoms with E-state index in [0.29, 0.717) is 42.7 Å². The van der Waals surface area contributed by atoms with Crippen LogP contribution in [-0.2, 0) is 5.41 Å². The zero-order chi connectivity index (χ0) is 27.2. The van der Waals surface area contributed by atoms with E-state index in [2.05, 4.69) is 36.7 Å². The summed E-state index contributed by atoms with van der Waals surface area (Å²) in [6, 6.07) is 7.32. The zero-order valence-corrected chi connectivity index (χ0v) is 23.1. The largest absolute Gasteiger partial charge is 0.478 e. The molecule has 3 aromatic heterocycles. The van der Waals surface area contributed by atoms with Crippen molar-refractivity contribution in [2.24, 2.45) is 0 Å². The summed E-state index contributed by atoms with van der Waals surface area (Å²) in [7, 11) is 0. The van der Waals surface area contributed by atoms with Crippen molar-refractivity contribution >= 4 is 28.8 Å². The highest BCUT2D eigenvalue weighted by atomic mass is 16.4. The Kier molecular flexibility index (Phi) is 6.70.